The lowest BCUT2D eigenvalue weighted by Crippen LogP contribution is -2.04. The maximum atomic E-state index is 4.39. The van der Waals surface area contributed by atoms with E-state index in [1.165, 1.54) is 5.56 Å². The van der Waals surface area contributed by atoms with Crippen LogP contribution in [-0.4, -0.2) is 16.5 Å². The van der Waals surface area contributed by atoms with Gasteiger partial charge in [0.15, 0.2) is 0 Å². The largest absolute Gasteiger partial charge is 0.370 e. The molecule has 0 bridgehead atoms. The van der Waals surface area contributed by atoms with Crippen molar-refractivity contribution < 1.29 is 0 Å². The van der Waals surface area contributed by atoms with Gasteiger partial charge in [0.05, 0.1) is 5.69 Å². The van der Waals surface area contributed by atoms with Crippen LogP contribution in [0.2, 0.25) is 0 Å². The lowest BCUT2D eigenvalue weighted by molar-refractivity contribution is 1.04. The summed E-state index contributed by atoms with van der Waals surface area (Å²) in [6, 6.07) is 8.07. The van der Waals surface area contributed by atoms with Crippen LogP contribution in [0.1, 0.15) is 18.3 Å². The van der Waals surface area contributed by atoms with E-state index in [1.54, 1.807) is 0 Å². The third kappa shape index (κ3) is 3.67. The molecule has 0 atom stereocenters. The predicted octanol–water partition coefficient (Wildman–Crippen LogP) is 4.03. The van der Waals surface area contributed by atoms with Gasteiger partial charge in [0.1, 0.15) is 17.5 Å². The molecule has 0 saturated carbocycles. The van der Waals surface area contributed by atoms with Gasteiger partial charge in [-0.2, -0.15) is 0 Å². The monoisotopic (exact) mass is 320 g/mol. The van der Waals surface area contributed by atoms with Gasteiger partial charge in [-0.25, -0.2) is 9.97 Å². The second kappa shape index (κ2) is 6.02. The normalized spacial score (nSPS) is 10.3. The Hall–Kier alpha value is -1.62. The molecule has 2 rings (SSSR count). The van der Waals surface area contributed by atoms with Gasteiger partial charge >= 0.3 is 0 Å². The minimum atomic E-state index is 0.740. The first-order valence-electron chi connectivity index (χ1n) is 6.21. The molecule has 0 aliphatic carbocycles. The Balaban J connectivity index is 2.27. The third-order valence-corrected chi connectivity index (χ3v) is 3.24. The van der Waals surface area contributed by atoms with Crippen LogP contribution < -0.4 is 10.6 Å². The maximum Gasteiger partial charge on any atom is 0.136 e. The Labute approximate surface area is 121 Å². The zero-order valence-electron chi connectivity index (χ0n) is 11.3. The SMILES string of the molecule is CCNc1cc(Nc2ccc(C)cc2Br)nc(C)n1. The summed E-state index contributed by atoms with van der Waals surface area (Å²) >= 11 is 3.55. The van der Waals surface area contributed by atoms with Gasteiger partial charge in [0, 0.05) is 17.1 Å². The maximum absolute atomic E-state index is 4.39. The number of nitrogens with one attached hydrogen (secondary N) is 2. The van der Waals surface area contributed by atoms with Gasteiger partial charge < -0.3 is 10.6 Å². The number of halogens is 1. The van der Waals surface area contributed by atoms with E-state index in [4.69, 9.17) is 0 Å². The first-order chi connectivity index (χ1) is 9.08. The van der Waals surface area contributed by atoms with Gasteiger partial charge in [-0.05, 0) is 54.4 Å². The fourth-order valence-corrected chi connectivity index (χ4v) is 2.36. The van der Waals surface area contributed by atoms with Crippen LogP contribution in [0.4, 0.5) is 17.3 Å². The highest BCUT2D eigenvalue weighted by atomic mass is 79.9. The first-order valence-corrected chi connectivity index (χ1v) is 7.00. The van der Waals surface area contributed by atoms with Gasteiger partial charge in [-0.15, -0.1) is 0 Å². The highest BCUT2D eigenvalue weighted by molar-refractivity contribution is 9.10. The van der Waals surface area contributed by atoms with E-state index in [0.717, 1.165) is 34.2 Å². The molecular weight excluding hydrogens is 304 g/mol. The number of nitrogens with zero attached hydrogens (tertiary/aromatic N) is 2. The van der Waals surface area contributed by atoms with Crippen molar-refractivity contribution in [3.63, 3.8) is 0 Å². The molecule has 0 aliphatic heterocycles. The first kappa shape index (κ1) is 13.8. The minimum Gasteiger partial charge on any atom is -0.370 e. The van der Waals surface area contributed by atoms with Gasteiger partial charge in [-0.3, -0.25) is 0 Å². The summed E-state index contributed by atoms with van der Waals surface area (Å²) in [6.07, 6.45) is 0. The molecule has 0 spiro atoms. The molecule has 1 aromatic carbocycles. The van der Waals surface area contributed by atoms with Crippen molar-refractivity contribution in [3.05, 3.63) is 40.1 Å². The smallest absolute Gasteiger partial charge is 0.136 e. The fraction of sp³-hybridized carbons (Fsp3) is 0.286. The van der Waals surface area contributed by atoms with E-state index in [0.29, 0.717) is 0 Å². The zero-order valence-corrected chi connectivity index (χ0v) is 12.9. The van der Waals surface area contributed by atoms with Crippen molar-refractivity contribution in [2.24, 2.45) is 0 Å². The van der Waals surface area contributed by atoms with Crippen molar-refractivity contribution in [3.8, 4) is 0 Å². The average Bonchev–Trinajstić information content (AvgIpc) is 2.32. The Bertz CT molecular complexity index is 584. The molecule has 0 radical (unpaired) electrons. The summed E-state index contributed by atoms with van der Waals surface area (Å²) in [4.78, 5) is 8.72. The van der Waals surface area contributed by atoms with Crippen LogP contribution in [0, 0.1) is 13.8 Å². The number of benzene rings is 1. The number of hydrogen-bond donors (Lipinski definition) is 2. The van der Waals surface area contributed by atoms with Crippen LogP contribution >= 0.6 is 15.9 Å². The number of aryl methyl sites for hydroxylation is 2. The number of rotatable bonds is 4. The van der Waals surface area contributed by atoms with Crippen LogP contribution in [-0.2, 0) is 0 Å². The van der Waals surface area contributed by atoms with E-state index in [-0.39, 0.29) is 0 Å². The standard InChI is InChI=1S/C14H17BrN4/c1-4-16-13-8-14(18-10(3)17-13)19-12-6-5-9(2)7-11(12)15/h5-8H,4H2,1-3H3,(H2,16,17,18,19). The molecule has 4 nitrogen and oxygen atoms in total. The number of aromatic nitrogens is 2. The van der Waals surface area contributed by atoms with Crippen molar-refractivity contribution >= 4 is 33.3 Å². The second-order valence-corrected chi connectivity index (χ2v) is 5.18. The molecule has 1 heterocycles. The van der Waals surface area contributed by atoms with Gasteiger partial charge in [-0.1, -0.05) is 6.07 Å². The molecule has 19 heavy (non-hydrogen) atoms. The van der Waals surface area contributed by atoms with Crippen LogP contribution in [0.25, 0.3) is 0 Å². The molecule has 100 valence electrons. The van der Waals surface area contributed by atoms with Crippen LogP contribution in [0.15, 0.2) is 28.7 Å². The Kier molecular flexibility index (Phi) is 4.37. The molecule has 0 amide bonds. The summed E-state index contributed by atoms with van der Waals surface area (Å²) in [6.45, 7) is 6.83. The molecule has 0 unspecified atom stereocenters. The van der Waals surface area contributed by atoms with Crippen molar-refractivity contribution in [1.29, 1.82) is 0 Å². The summed E-state index contributed by atoms with van der Waals surface area (Å²) in [7, 11) is 0. The minimum absolute atomic E-state index is 0.740. The quantitative estimate of drug-likeness (QED) is 0.892. The average molecular weight is 321 g/mol. The third-order valence-electron chi connectivity index (χ3n) is 2.58. The molecule has 1 aromatic heterocycles. The highest BCUT2D eigenvalue weighted by Crippen LogP contribution is 2.26. The van der Waals surface area contributed by atoms with Crippen LogP contribution in [0.3, 0.4) is 0 Å². The summed E-state index contributed by atoms with van der Waals surface area (Å²) in [5, 5.41) is 6.50. The van der Waals surface area contributed by atoms with E-state index in [1.807, 2.05) is 26.0 Å². The molecule has 0 aliphatic rings. The van der Waals surface area contributed by atoms with Crippen molar-refractivity contribution in [2.75, 3.05) is 17.2 Å². The molecule has 2 N–H and O–H groups in total. The lowest BCUT2D eigenvalue weighted by Gasteiger charge is -2.11. The van der Waals surface area contributed by atoms with Crippen molar-refractivity contribution in [1.82, 2.24) is 9.97 Å². The topological polar surface area (TPSA) is 49.8 Å². The van der Waals surface area contributed by atoms with E-state index in [9.17, 15) is 0 Å². The lowest BCUT2D eigenvalue weighted by atomic mass is 10.2. The summed E-state index contributed by atoms with van der Waals surface area (Å²) < 4.78 is 1.02. The Morgan fingerprint density at radius 3 is 2.53 bits per heavy atom. The predicted molar refractivity (Wildman–Crippen MR) is 83.1 cm³/mol. The van der Waals surface area contributed by atoms with Gasteiger partial charge in [0.25, 0.3) is 0 Å². The molecule has 2 aromatic rings. The molecule has 0 saturated heterocycles. The Morgan fingerprint density at radius 1 is 1.11 bits per heavy atom. The van der Waals surface area contributed by atoms with Gasteiger partial charge in [0.2, 0.25) is 0 Å². The molecule has 5 heteroatoms. The Morgan fingerprint density at radius 2 is 1.84 bits per heavy atom. The van der Waals surface area contributed by atoms with Crippen molar-refractivity contribution in [2.45, 2.75) is 20.8 Å². The van der Waals surface area contributed by atoms with Crippen LogP contribution in [0.5, 0.6) is 0 Å². The number of hydrogen-bond acceptors (Lipinski definition) is 4. The highest BCUT2D eigenvalue weighted by Gasteiger charge is 2.04. The molecular formula is C14H17BrN4. The second-order valence-electron chi connectivity index (χ2n) is 4.32. The van der Waals surface area contributed by atoms with E-state index < -0.39 is 0 Å². The zero-order chi connectivity index (χ0) is 13.8. The fourth-order valence-electron chi connectivity index (χ4n) is 1.76. The summed E-state index contributed by atoms with van der Waals surface area (Å²) in [5.74, 6) is 2.36. The van der Waals surface area contributed by atoms with E-state index >= 15 is 0 Å². The number of anilines is 3. The van der Waals surface area contributed by atoms with E-state index in [2.05, 4.69) is 55.6 Å². The summed E-state index contributed by atoms with van der Waals surface area (Å²) in [5.41, 5.74) is 2.20. The molecule has 0 fully saturated rings.